The van der Waals surface area contributed by atoms with Gasteiger partial charge in [0.2, 0.25) is 0 Å². The minimum absolute atomic E-state index is 0.0666. The molecule has 0 aliphatic carbocycles. The molecule has 3 amide bonds. The van der Waals surface area contributed by atoms with Crippen LogP contribution in [-0.2, 0) is 16.1 Å². The van der Waals surface area contributed by atoms with Gasteiger partial charge in [0, 0.05) is 17.8 Å². The van der Waals surface area contributed by atoms with Gasteiger partial charge >= 0.3 is 0 Å². The van der Waals surface area contributed by atoms with E-state index in [0.717, 1.165) is 10.5 Å². The number of rotatable bonds is 8. The first kappa shape index (κ1) is 24.8. The molecule has 2 N–H and O–H groups in total. The van der Waals surface area contributed by atoms with E-state index in [1.54, 1.807) is 48.5 Å². The summed E-state index contributed by atoms with van der Waals surface area (Å²) in [5.41, 5.74) is 2.10. The van der Waals surface area contributed by atoms with Crippen molar-refractivity contribution in [2.45, 2.75) is 6.54 Å². The van der Waals surface area contributed by atoms with Crippen LogP contribution in [0.2, 0.25) is 0 Å². The van der Waals surface area contributed by atoms with Gasteiger partial charge in [-0.1, -0.05) is 66.2 Å². The summed E-state index contributed by atoms with van der Waals surface area (Å²) in [6.07, 6.45) is 0. The van der Waals surface area contributed by atoms with Crippen molar-refractivity contribution in [3.05, 3.63) is 131 Å². The van der Waals surface area contributed by atoms with Crippen LogP contribution in [0, 0.1) is 0 Å². The number of anilines is 2. The van der Waals surface area contributed by atoms with Gasteiger partial charge in [0.05, 0.1) is 5.69 Å². The van der Waals surface area contributed by atoms with Gasteiger partial charge in [-0.2, -0.15) is 0 Å². The average Bonchev–Trinajstić information content (AvgIpc) is 3.16. The smallest absolute Gasteiger partial charge is 0.283 e. The highest BCUT2D eigenvalue weighted by Crippen LogP contribution is 2.32. The molecule has 188 valence electrons. The lowest BCUT2D eigenvalue weighted by atomic mass is 10.1. The summed E-state index contributed by atoms with van der Waals surface area (Å²) in [5.74, 6) is -0.297. The molecule has 0 aromatic heterocycles. The second-order valence-corrected chi connectivity index (χ2v) is 8.80. The normalized spacial score (nSPS) is 13.0. The SMILES string of the molecule is O=C(NCc1ccccc1)c1cccc(NC2=C(Cl)C(=O)N(c3ccc(Oc4ccccc4)cc3)C2=O)c1. The number of carbonyl (C=O) groups is 3. The van der Waals surface area contributed by atoms with E-state index in [0.29, 0.717) is 35.0 Å². The number of ether oxygens (including phenoxy) is 1. The fraction of sp³-hybridized carbons (Fsp3) is 0.0333. The molecule has 1 aliphatic rings. The summed E-state index contributed by atoms with van der Waals surface area (Å²) >= 11 is 6.28. The van der Waals surface area contributed by atoms with Crippen LogP contribution >= 0.6 is 11.6 Å². The Labute approximate surface area is 224 Å². The Kier molecular flexibility index (Phi) is 7.19. The van der Waals surface area contributed by atoms with Gasteiger partial charge in [0.1, 0.15) is 22.2 Å². The Hall–Kier alpha value is -4.88. The van der Waals surface area contributed by atoms with E-state index in [9.17, 15) is 14.4 Å². The minimum Gasteiger partial charge on any atom is -0.457 e. The molecule has 8 heteroatoms. The van der Waals surface area contributed by atoms with Gasteiger partial charge in [-0.25, -0.2) is 4.90 Å². The molecule has 0 saturated heterocycles. The van der Waals surface area contributed by atoms with Gasteiger partial charge in [-0.15, -0.1) is 0 Å². The monoisotopic (exact) mass is 523 g/mol. The molecule has 0 fully saturated rings. The molecule has 0 radical (unpaired) electrons. The van der Waals surface area contributed by atoms with Gasteiger partial charge in [0.25, 0.3) is 17.7 Å². The summed E-state index contributed by atoms with van der Waals surface area (Å²) in [6.45, 7) is 0.380. The highest BCUT2D eigenvalue weighted by Gasteiger charge is 2.39. The molecule has 0 saturated carbocycles. The third kappa shape index (κ3) is 5.43. The fourth-order valence-electron chi connectivity index (χ4n) is 3.90. The van der Waals surface area contributed by atoms with Crippen LogP contribution < -0.4 is 20.3 Å². The van der Waals surface area contributed by atoms with Crippen molar-refractivity contribution in [1.82, 2.24) is 5.32 Å². The van der Waals surface area contributed by atoms with Crippen molar-refractivity contribution in [2.24, 2.45) is 0 Å². The van der Waals surface area contributed by atoms with Crippen molar-refractivity contribution in [1.29, 1.82) is 0 Å². The number of nitrogens with zero attached hydrogens (tertiary/aromatic N) is 1. The fourth-order valence-corrected chi connectivity index (χ4v) is 4.11. The zero-order chi connectivity index (χ0) is 26.5. The van der Waals surface area contributed by atoms with Crippen molar-refractivity contribution in [3.8, 4) is 11.5 Å². The van der Waals surface area contributed by atoms with Crippen molar-refractivity contribution in [3.63, 3.8) is 0 Å². The van der Waals surface area contributed by atoms with E-state index in [1.807, 2.05) is 60.7 Å². The molecule has 38 heavy (non-hydrogen) atoms. The summed E-state index contributed by atoms with van der Waals surface area (Å²) in [5, 5.41) is 5.54. The number of hydrogen-bond acceptors (Lipinski definition) is 5. The number of amides is 3. The number of imide groups is 1. The van der Waals surface area contributed by atoms with E-state index in [2.05, 4.69) is 10.6 Å². The average molecular weight is 524 g/mol. The predicted molar refractivity (Wildman–Crippen MR) is 146 cm³/mol. The molecule has 0 unspecified atom stereocenters. The van der Waals surface area contributed by atoms with Crippen LogP contribution in [0.1, 0.15) is 15.9 Å². The maximum atomic E-state index is 13.2. The Morgan fingerprint density at radius 3 is 2.13 bits per heavy atom. The number of halogens is 1. The van der Waals surface area contributed by atoms with E-state index in [1.165, 1.54) is 0 Å². The lowest BCUT2D eigenvalue weighted by Gasteiger charge is -2.16. The van der Waals surface area contributed by atoms with Crippen LogP contribution in [0.25, 0.3) is 0 Å². The first-order valence-corrected chi connectivity index (χ1v) is 12.2. The third-order valence-corrected chi connectivity index (χ3v) is 6.14. The summed E-state index contributed by atoms with van der Waals surface area (Å²) in [6, 6.07) is 32.0. The minimum atomic E-state index is -0.646. The largest absolute Gasteiger partial charge is 0.457 e. The lowest BCUT2D eigenvalue weighted by Crippen LogP contribution is -2.32. The molecule has 0 atom stereocenters. The van der Waals surface area contributed by atoms with E-state index >= 15 is 0 Å². The number of benzene rings is 4. The van der Waals surface area contributed by atoms with Crippen LogP contribution in [-0.4, -0.2) is 17.7 Å². The van der Waals surface area contributed by atoms with Crippen LogP contribution in [0.5, 0.6) is 11.5 Å². The lowest BCUT2D eigenvalue weighted by molar-refractivity contribution is -0.120. The maximum absolute atomic E-state index is 13.2. The summed E-state index contributed by atoms with van der Waals surface area (Å²) in [7, 11) is 0. The van der Waals surface area contributed by atoms with Crippen molar-refractivity contribution in [2.75, 3.05) is 10.2 Å². The van der Waals surface area contributed by atoms with Gasteiger partial charge < -0.3 is 15.4 Å². The molecule has 0 spiro atoms. The van der Waals surface area contributed by atoms with E-state index in [-0.39, 0.29) is 16.6 Å². The predicted octanol–water partition coefficient (Wildman–Crippen LogP) is 5.84. The molecule has 4 aromatic rings. The second kappa shape index (κ2) is 11.0. The van der Waals surface area contributed by atoms with E-state index in [4.69, 9.17) is 16.3 Å². The molecule has 1 aliphatic heterocycles. The molecule has 4 aromatic carbocycles. The quantitative estimate of drug-likeness (QED) is 0.283. The van der Waals surface area contributed by atoms with Gasteiger partial charge in [0.15, 0.2) is 0 Å². The van der Waals surface area contributed by atoms with Crippen LogP contribution in [0.15, 0.2) is 120 Å². The third-order valence-electron chi connectivity index (χ3n) is 5.79. The molecule has 1 heterocycles. The van der Waals surface area contributed by atoms with Crippen molar-refractivity contribution < 1.29 is 19.1 Å². The Bertz CT molecular complexity index is 1520. The number of hydrogen-bond donors (Lipinski definition) is 2. The zero-order valence-corrected chi connectivity index (χ0v) is 20.8. The first-order chi connectivity index (χ1) is 18.5. The van der Waals surface area contributed by atoms with E-state index < -0.39 is 11.8 Å². The highest BCUT2D eigenvalue weighted by atomic mass is 35.5. The topological polar surface area (TPSA) is 87.7 Å². The number of para-hydroxylation sites is 1. The molecular weight excluding hydrogens is 502 g/mol. The number of nitrogens with one attached hydrogen (secondary N) is 2. The van der Waals surface area contributed by atoms with Gasteiger partial charge in [-0.3, -0.25) is 14.4 Å². The first-order valence-electron chi connectivity index (χ1n) is 11.8. The Balaban J connectivity index is 1.27. The highest BCUT2D eigenvalue weighted by molar-refractivity contribution is 6.53. The standard InChI is InChI=1S/C30H22ClN3O4/c31-26-27(33-22-11-7-10-21(18-22)28(35)32-19-20-8-3-1-4-9-20)30(37)34(29(26)36)23-14-16-25(17-15-23)38-24-12-5-2-6-13-24/h1-18,33H,19H2,(H,32,35). The molecule has 5 rings (SSSR count). The maximum Gasteiger partial charge on any atom is 0.283 e. The van der Waals surface area contributed by atoms with Crippen molar-refractivity contribution >= 4 is 40.7 Å². The van der Waals surface area contributed by atoms with Crippen LogP contribution in [0.3, 0.4) is 0 Å². The molecule has 7 nitrogen and oxygen atoms in total. The zero-order valence-electron chi connectivity index (χ0n) is 20.1. The molecular formula is C30H22ClN3O4. The van der Waals surface area contributed by atoms with Gasteiger partial charge in [-0.05, 0) is 60.2 Å². The molecule has 0 bridgehead atoms. The Morgan fingerprint density at radius 1 is 0.763 bits per heavy atom. The number of carbonyl (C=O) groups excluding carboxylic acids is 3. The second-order valence-electron chi connectivity index (χ2n) is 8.42. The summed E-state index contributed by atoms with van der Waals surface area (Å²) in [4.78, 5) is 39.7. The van der Waals surface area contributed by atoms with Crippen LogP contribution in [0.4, 0.5) is 11.4 Å². The summed E-state index contributed by atoms with van der Waals surface area (Å²) < 4.78 is 5.77. The Morgan fingerprint density at radius 2 is 1.42 bits per heavy atom.